The molecule has 0 saturated heterocycles. The summed E-state index contributed by atoms with van der Waals surface area (Å²) in [6, 6.07) is 17.7. The lowest BCUT2D eigenvalue weighted by Gasteiger charge is -2.15. The monoisotopic (exact) mass is 447 g/mol. The topological polar surface area (TPSA) is 30.5 Å². The average Bonchev–Trinajstić information content (AvgIpc) is 2.74. The van der Waals surface area contributed by atoms with E-state index in [0.717, 1.165) is 29.7 Å². The molecule has 3 rings (SSSR count). The molecule has 3 aromatic rings. The number of nitrogens with one attached hydrogen (secondary N) is 1. The van der Waals surface area contributed by atoms with Gasteiger partial charge in [-0.05, 0) is 66.9 Å². The molecule has 3 aromatic carbocycles. The Kier molecular flexibility index (Phi) is 8.38. The molecule has 1 N–H and O–H groups in total. The van der Waals surface area contributed by atoms with Crippen LogP contribution in [0.15, 0.2) is 60.7 Å². The molecule has 0 amide bonds. The molecule has 0 radical (unpaired) electrons. The lowest BCUT2D eigenvalue weighted by Crippen LogP contribution is -2.17. The van der Waals surface area contributed by atoms with Crippen LogP contribution in [0.3, 0.4) is 0 Å². The third-order valence-corrected chi connectivity index (χ3v) is 5.14. The Morgan fingerprint density at radius 1 is 0.867 bits per heavy atom. The van der Waals surface area contributed by atoms with Gasteiger partial charge in [0.15, 0.2) is 11.5 Å². The highest BCUT2D eigenvalue weighted by Gasteiger charge is 2.12. The summed E-state index contributed by atoms with van der Waals surface area (Å²) in [5.41, 5.74) is 3.01. The van der Waals surface area contributed by atoms with Crippen LogP contribution in [0.4, 0.5) is 4.39 Å². The Morgan fingerprint density at radius 3 is 2.23 bits per heavy atom. The van der Waals surface area contributed by atoms with Gasteiger partial charge in [0, 0.05) is 22.7 Å². The van der Waals surface area contributed by atoms with Crippen molar-refractivity contribution in [1.82, 2.24) is 5.32 Å². The van der Waals surface area contributed by atoms with E-state index in [1.54, 1.807) is 18.2 Å². The van der Waals surface area contributed by atoms with Crippen molar-refractivity contribution in [2.45, 2.75) is 26.5 Å². The highest BCUT2D eigenvalue weighted by atomic mass is 35.5. The summed E-state index contributed by atoms with van der Waals surface area (Å²) in [6.07, 6.45) is 0.804. The first-order valence-corrected chi connectivity index (χ1v) is 10.6. The van der Waals surface area contributed by atoms with Crippen LogP contribution < -0.4 is 14.8 Å². The Labute approximate surface area is 186 Å². The first-order chi connectivity index (χ1) is 14.5. The quantitative estimate of drug-likeness (QED) is 0.362. The minimum Gasteiger partial charge on any atom is -0.490 e. The molecular formula is C24H24Cl2FNO2. The van der Waals surface area contributed by atoms with Gasteiger partial charge in [0.05, 0.1) is 6.61 Å². The molecule has 0 bridgehead atoms. The molecule has 0 atom stereocenters. The second kappa shape index (κ2) is 11.2. The van der Waals surface area contributed by atoms with Crippen LogP contribution in [0, 0.1) is 5.82 Å². The first-order valence-electron chi connectivity index (χ1n) is 9.82. The van der Waals surface area contributed by atoms with Crippen molar-refractivity contribution in [3.63, 3.8) is 0 Å². The zero-order valence-corrected chi connectivity index (χ0v) is 18.3. The lowest BCUT2D eigenvalue weighted by molar-refractivity contribution is 0.269. The second-order valence-electron chi connectivity index (χ2n) is 6.79. The summed E-state index contributed by atoms with van der Waals surface area (Å²) in [5.74, 6) is 1.04. The van der Waals surface area contributed by atoms with Crippen molar-refractivity contribution in [3.05, 3.63) is 93.2 Å². The molecule has 0 heterocycles. The van der Waals surface area contributed by atoms with E-state index in [-0.39, 0.29) is 5.82 Å². The molecular weight excluding hydrogens is 424 g/mol. The van der Waals surface area contributed by atoms with Gasteiger partial charge in [-0.25, -0.2) is 4.39 Å². The predicted octanol–water partition coefficient (Wildman–Crippen LogP) is 6.44. The fourth-order valence-electron chi connectivity index (χ4n) is 2.94. The van der Waals surface area contributed by atoms with Crippen molar-refractivity contribution in [2.24, 2.45) is 0 Å². The van der Waals surface area contributed by atoms with Crippen LogP contribution in [-0.4, -0.2) is 13.2 Å². The Bertz CT molecular complexity index is 947. The summed E-state index contributed by atoms with van der Waals surface area (Å²) in [7, 11) is 0. The molecule has 30 heavy (non-hydrogen) atoms. The molecule has 0 aromatic heterocycles. The van der Waals surface area contributed by atoms with E-state index in [0.29, 0.717) is 41.3 Å². The lowest BCUT2D eigenvalue weighted by atomic mass is 10.1. The molecule has 0 aliphatic rings. The smallest absolute Gasteiger partial charge is 0.163 e. The number of ether oxygens (including phenoxy) is 2. The number of benzene rings is 3. The third kappa shape index (κ3) is 6.63. The molecule has 0 aliphatic heterocycles. The fraction of sp³-hybridized carbons (Fsp3) is 0.250. The maximum Gasteiger partial charge on any atom is 0.163 e. The van der Waals surface area contributed by atoms with E-state index in [9.17, 15) is 4.39 Å². The normalized spacial score (nSPS) is 10.8. The number of rotatable bonds is 10. The van der Waals surface area contributed by atoms with Crippen LogP contribution >= 0.6 is 23.2 Å². The summed E-state index contributed by atoms with van der Waals surface area (Å²) in [4.78, 5) is 0. The van der Waals surface area contributed by atoms with Gasteiger partial charge in [0.2, 0.25) is 0 Å². The van der Waals surface area contributed by atoms with Gasteiger partial charge in [0.1, 0.15) is 12.4 Å². The highest BCUT2D eigenvalue weighted by Crippen LogP contribution is 2.34. The van der Waals surface area contributed by atoms with Gasteiger partial charge in [-0.15, -0.1) is 0 Å². The van der Waals surface area contributed by atoms with Crippen molar-refractivity contribution in [1.29, 1.82) is 0 Å². The molecule has 0 unspecified atom stereocenters. The van der Waals surface area contributed by atoms with Crippen molar-refractivity contribution < 1.29 is 13.9 Å². The van der Waals surface area contributed by atoms with E-state index in [2.05, 4.69) is 5.32 Å². The Morgan fingerprint density at radius 2 is 1.53 bits per heavy atom. The molecule has 0 fully saturated rings. The number of halogens is 3. The fourth-order valence-corrected chi connectivity index (χ4v) is 3.29. The van der Waals surface area contributed by atoms with Gasteiger partial charge in [-0.1, -0.05) is 47.5 Å². The van der Waals surface area contributed by atoms with Crippen LogP contribution in [0.25, 0.3) is 0 Å². The number of hydrogen-bond acceptors (Lipinski definition) is 3. The van der Waals surface area contributed by atoms with Crippen molar-refractivity contribution >= 4 is 23.2 Å². The molecule has 0 aliphatic carbocycles. The largest absolute Gasteiger partial charge is 0.490 e. The van der Waals surface area contributed by atoms with E-state index in [1.807, 2.05) is 37.3 Å². The molecule has 0 saturated carbocycles. The maximum atomic E-state index is 13.0. The predicted molar refractivity (Wildman–Crippen MR) is 120 cm³/mol. The van der Waals surface area contributed by atoms with Gasteiger partial charge in [-0.3, -0.25) is 0 Å². The van der Waals surface area contributed by atoms with Gasteiger partial charge >= 0.3 is 0 Å². The van der Waals surface area contributed by atoms with Crippen molar-refractivity contribution in [3.8, 4) is 11.5 Å². The third-order valence-electron chi connectivity index (χ3n) is 4.54. The van der Waals surface area contributed by atoms with Gasteiger partial charge in [-0.2, -0.15) is 0 Å². The average molecular weight is 448 g/mol. The van der Waals surface area contributed by atoms with E-state index in [4.69, 9.17) is 32.7 Å². The van der Waals surface area contributed by atoms with Crippen LogP contribution in [0.5, 0.6) is 11.5 Å². The van der Waals surface area contributed by atoms with E-state index >= 15 is 0 Å². The Balaban J connectivity index is 1.60. The summed E-state index contributed by atoms with van der Waals surface area (Å²) < 4.78 is 24.7. The molecule has 158 valence electrons. The zero-order valence-electron chi connectivity index (χ0n) is 16.8. The summed E-state index contributed by atoms with van der Waals surface area (Å²) in [5, 5.41) is 4.67. The van der Waals surface area contributed by atoms with E-state index in [1.165, 1.54) is 12.1 Å². The van der Waals surface area contributed by atoms with Crippen LogP contribution in [0.2, 0.25) is 10.0 Å². The van der Waals surface area contributed by atoms with Crippen LogP contribution in [0.1, 0.15) is 23.6 Å². The SMILES string of the molecule is CCOc1cc(CNCCc2ccc(F)cc2)c(Cl)cc1OCc1ccc(Cl)cc1. The maximum absolute atomic E-state index is 13.0. The zero-order chi connectivity index (χ0) is 21.3. The number of hydrogen-bond donors (Lipinski definition) is 1. The summed E-state index contributed by atoms with van der Waals surface area (Å²) >= 11 is 12.4. The molecule has 6 heteroatoms. The Hall–Kier alpha value is -2.27. The highest BCUT2D eigenvalue weighted by molar-refractivity contribution is 6.31. The van der Waals surface area contributed by atoms with E-state index < -0.39 is 0 Å². The minimum atomic E-state index is -0.222. The van der Waals surface area contributed by atoms with Crippen LogP contribution in [-0.2, 0) is 19.6 Å². The second-order valence-corrected chi connectivity index (χ2v) is 7.64. The van der Waals surface area contributed by atoms with Crippen molar-refractivity contribution in [2.75, 3.05) is 13.2 Å². The molecule has 0 spiro atoms. The molecule has 3 nitrogen and oxygen atoms in total. The van der Waals surface area contributed by atoms with Gasteiger partial charge in [0.25, 0.3) is 0 Å². The first kappa shape index (κ1) is 22.4. The summed E-state index contributed by atoms with van der Waals surface area (Å²) in [6.45, 7) is 4.19. The standard InChI is InChI=1S/C24H24Cl2FNO2/c1-2-29-23-13-19(15-28-12-11-17-5-9-21(27)10-6-17)22(26)14-24(23)30-16-18-3-7-20(25)8-4-18/h3-10,13-14,28H,2,11-12,15-16H2,1H3. The minimum absolute atomic E-state index is 0.222. The van der Waals surface area contributed by atoms with Gasteiger partial charge < -0.3 is 14.8 Å².